The summed E-state index contributed by atoms with van der Waals surface area (Å²) in [6.07, 6.45) is 7.08. The molecule has 0 aromatic heterocycles. The van der Waals surface area contributed by atoms with E-state index in [1.54, 1.807) is 0 Å². The summed E-state index contributed by atoms with van der Waals surface area (Å²) < 4.78 is 0. The van der Waals surface area contributed by atoms with E-state index in [4.69, 9.17) is 0 Å². The summed E-state index contributed by atoms with van der Waals surface area (Å²) in [5.74, 6) is 0. The topological polar surface area (TPSA) is 24.4 Å². The van der Waals surface area contributed by atoms with E-state index in [1.165, 1.54) is 12.1 Å². The summed E-state index contributed by atoms with van der Waals surface area (Å²) in [5, 5.41) is 3.08. The minimum atomic E-state index is 1.01. The van der Waals surface area contributed by atoms with Gasteiger partial charge in [0.15, 0.2) is 0 Å². The molecular formula is C9H18N2. The molecule has 0 rings (SSSR count). The second-order valence-electron chi connectivity index (χ2n) is 2.38. The Hall–Kier alpha value is -0.790. The second kappa shape index (κ2) is 7.32. The molecular weight excluding hydrogens is 136 g/mol. The number of nitrogens with zero attached hydrogens (tertiary/aromatic N) is 1. The highest BCUT2D eigenvalue weighted by atomic mass is 14.9. The fraction of sp³-hybridized carbons (Fsp3) is 0.667. The number of nitrogens with one attached hydrogen (secondary N) is 1. The molecule has 0 saturated carbocycles. The van der Waals surface area contributed by atoms with Crippen LogP contribution in [0.2, 0.25) is 0 Å². The van der Waals surface area contributed by atoms with Gasteiger partial charge in [-0.2, -0.15) is 0 Å². The summed E-state index contributed by atoms with van der Waals surface area (Å²) in [6.45, 7) is 4.26. The molecule has 0 atom stereocenters. The highest BCUT2D eigenvalue weighted by Crippen LogP contribution is 1.93. The fourth-order valence-corrected chi connectivity index (χ4v) is 0.679. The molecule has 1 N–H and O–H groups in total. The van der Waals surface area contributed by atoms with Crippen molar-refractivity contribution >= 4 is 6.21 Å². The van der Waals surface area contributed by atoms with Gasteiger partial charge in [0.1, 0.15) is 0 Å². The summed E-state index contributed by atoms with van der Waals surface area (Å²) in [4.78, 5) is 4.15. The molecule has 0 radical (unpaired) electrons. The largest absolute Gasteiger partial charge is 0.390 e. The third kappa shape index (κ3) is 5.64. The van der Waals surface area contributed by atoms with Crippen LogP contribution in [0.3, 0.4) is 0 Å². The van der Waals surface area contributed by atoms with Gasteiger partial charge in [-0.1, -0.05) is 20.3 Å². The standard InChI is InChI=1S/C9H18N2/c1-4-6-7-11-8-9(5-2)10-3/h7-8,10H,4-6H2,1-3H3/b9-8-,11-7?. The van der Waals surface area contributed by atoms with Crippen LogP contribution < -0.4 is 5.32 Å². The zero-order valence-electron chi connectivity index (χ0n) is 7.72. The maximum atomic E-state index is 4.15. The monoisotopic (exact) mass is 154 g/mol. The Morgan fingerprint density at radius 3 is 2.64 bits per heavy atom. The van der Waals surface area contributed by atoms with Crippen LogP contribution >= 0.6 is 0 Å². The van der Waals surface area contributed by atoms with E-state index in [0.29, 0.717) is 0 Å². The molecule has 0 heterocycles. The number of rotatable bonds is 5. The van der Waals surface area contributed by atoms with E-state index in [0.717, 1.165) is 12.8 Å². The van der Waals surface area contributed by atoms with Crippen LogP contribution in [-0.4, -0.2) is 13.3 Å². The van der Waals surface area contributed by atoms with Crippen molar-refractivity contribution in [2.45, 2.75) is 33.1 Å². The van der Waals surface area contributed by atoms with E-state index in [1.807, 2.05) is 19.5 Å². The molecule has 64 valence electrons. The second-order valence-corrected chi connectivity index (χ2v) is 2.38. The minimum absolute atomic E-state index is 1.01. The molecule has 0 fully saturated rings. The lowest BCUT2D eigenvalue weighted by molar-refractivity contribution is 0.893. The molecule has 0 aromatic rings. The lowest BCUT2D eigenvalue weighted by Crippen LogP contribution is -2.03. The highest BCUT2D eigenvalue weighted by Gasteiger charge is 1.83. The zero-order chi connectivity index (χ0) is 8.53. The Balaban J connectivity index is 3.68. The van der Waals surface area contributed by atoms with Gasteiger partial charge < -0.3 is 5.32 Å². The predicted octanol–water partition coefficient (Wildman–Crippen LogP) is 2.33. The summed E-state index contributed by atoms with van der Waals surface area (Å²) in [5.41, 5.74) is 1.18. The number of unbranched alkanes of at least 4 members (excludes halogenated alkanes) is 1. The molecule has 0 aromatic carbocycles. The lowest BCUT2D eigenvalue weighted by atomic mass is 10.3. The van der Waals surface area contributed by atoms with Crippen molar-refractivity contribution in [1.82, 2.24) is 5.32 Å². The highest BCUT2D eigenvalue weighted by molar-refractivity contribution is 5.57. The number of aliphatic imine (C=N–C) groups is 1. The van der Waals surface area contributed by atoms with Crippen LogP contribution in [-0.2, 0) is 0 Å². The summed E-state index contributed by atoms with van der Waals surface area (Å²) in [7, 11) is 1.92. The van der Waals surface area contributed by atoms with Crippen molar-refractivity contribution in [3.8, 4) is 0 Å². The van der Waals surface area contributed by atoms with Crippen molar-refractivity contribution in [2.24, 2.45) is 4.99 Å². The fourth-order valence-electron chi connectivity index (χ4n) is 0.679. The number of allylic oxidation sites excluding steroid dienone is 1. The van der Waals surface area contributed by atoms with Gasteiger partial charge in [0.05, 0.1) is 0 Å². The van der Waals surface area contributed by atoms with Crippen molar-refractivity contribution in [1.29, 1.82) is 0 Å². The Morgan fingerprint density at radius 1 is 1.45 bits per heavy atom. The zero-order valence-corrected chi connectivity index (χ0v) is 7.72. The molecule has 0 spiro atoms. The SMILES string of the molecule is CCCC=N/C=C(/CC)NC. The third-order valence-electron chi connectivity index (χ3n) is 1.46. The molecule has 0 saturated heterocycles. The van der Waals surface area contributed by atoms with Gasteiger partial charge in [0.25, 0.3) is 0 Å². The van der Waals surface area contributed by atoms with Gasteiger partial charge in [-0.15, -0.1) is 0 Å². The summed E-state index contributed by atoms with van der Waals surface area (Å²) >= 11 is 0. The average Bonchev–Trinajstić information content (AvgIpc) is 2.05. The van der Waals surface area contributed by atoms with Gasteiger partial charge >= 0.3 is 0 Å². The normalized spacial score (nSPS) is 12.5. The first-order valence-corrected chi connectivity index (χ1v) is 4.23. The molecule has 0 aliphatic heterocycles. The van der Waals surface area contributed by atoms with Crippen LogP contribution in [0.15, 0.2) is 16.9 Å². The van der Waals surface area contributed by atoms with E-state index >= 15 is 0 Å². The Kier molecular flexibility index (Phi) is 6.79. The van der Waals surface area contributed by atoms with Crippen molar-refractivity contribution in [3.05, 3.63) is 11.9 Å². The Morgan fingerprint density at radius 2 is 2.18 bits per heavy atom. The smallest absolute Gasteiger partial charge is 0.0453 e. The number of hydrogen-bond acceptors (Lipinski definition) is 2. The maximum Gasteiger partial charge on any atom is 0.0453 e. The van der Waals surface area contributed by atoms with Crippen molar-refractivity contribution in [3.63, 3.8) is 0 Å². The lowest BCUT2D eigenvalue weighted by Gasteiger charge is -1.98. The molecule has 2 heteroatoms. The van der Waals surface area contributed by atoms with Crippen LogP contribution in [0.4, 0.5) is 0 Å². The quantitative estimate of drug-likeness (QED) is 0.604. The summed E-state index contributed by atoms with van der Waals surface area (Å²) in [6, 6.07) is 0. The van der Waals surface area contributed by atoms with Crippen LogP contribution in [0, 0.1) is 0 Å². The molecule has 0 aliphatic rings. The van der Waals surface area contributed by atoms with Gasteiger partial charge in [0, 0.05) is 25.2 Å². The Labute approximate surface area is 69.4 Å². The van der Waals surface area contributed by atoms with Gasteiger partial charge in [-0.3, -0.25) is 4.99 Å². The minimum Gasteiger partial charge on any atom is -0.390 e. The molecule has 11 heavy (non-hydrogen) atoms. The van der Waals surface area contributed by atoms with E-state index in [9.17, 15) is 0 Å². The first-order valence-electron chi connectivity index (χ1n) is 4.23. The Bertz CT molecular complexity index is 130. The first kappa shape index (κ1) is 10.2. The van der Waals surface area contributed by atoms with Gasteiger partial charge in [-0.25, -0.2) is 0 Å². The molecule has 0 unspecified atom stereocenters. The van der Waals surface area contributed by atoms with Crippen LogP contribution in [0.25, 0.3) is 0 Å². The average molecular weight is 154 g/mol. The number of hydrogen-bond donors (Lipinski definition) is 1. The predicted molar refractivity (Wildman–Crippen MR) is 50.8 cm³/mol. The molecule has 0 aliphatic carbocycles. The van der Waals surface area contributed by atoms with Crippen molar-refractivity contribution < 1.29 is 0 Å². The van der Waals surface area contributed by atoms with E-state index < -0.39 is 0 Å². The maximum absolute atomic E-state index is 4.15. The van der Waals surface area contributed by atoms with E-state index in [-0.39, 0.29) is 0 Å². The molecule has 2 nitrogen and oxygen atoms in total. The molecule has 0 amide bonds. The van der Waals surface area contributed by atoms with Crippen LogP contribution in [0.5, 0.6) is 0 Å². The van der Waals surface area contributed by atoms with Gasteiger partial charge in [0.2, 0.25) is 0 Å². The van der Waals surface area contributed by atoms with E-state index in [2.05, 4.69) is 24.2 Å². The van der Waals surface area contributed by atoms with Gasteiger partial charge in [-0.05, 0) is 12.8 Å². The molecule has 0 bridgehead atoms. The third-order valence-corrected chi connectivity index (χ3v) is 1.46. The van der Waals surface area contributed by atoms with Crippen molar-refractivity contribution in [2.75, 3.05) is 7.05 Å². The van der Waals surface area contributed by atoms with Crippen LogP contribution in [0.1, 0.15) is 33.1 Å². The first-order chi connectivity index (χ1) is 5.35.